The number of hydrogen-bond donors (Lipinski definition) is 1. The van der Waals surface area contributed by atoms with Crippen molar-refractivity contribution in [3.63, 3.8) is 0 Å². The third-order valence-corrected chi connectivity index (χ3v) is 0.783. The molecule has 0 heterocycles. The van der Waals surface area contributed by atoms with E-state index in [-0.39, 0.29) is 0 Å². The molecular formula is C6H11N2O. The minimum absolute atomic E-state index is 0.468. The van der Waals surface area contributed by atoms with Crippen LogP contribution in [0, 0.1) is 0 Å². The zero-order chi connectivity index (χ0) is 7.11. The number of nitrogens with one attached hydrogen (secondary N) is 2. The second-order valence-corrected chi connectivity index (χ2v) is 1.59. The first-order valence-corrected chi connectivity index (χ1v) is 2.91. The first-order valence-electron chi connectivity index (χ1n) is 2.91. The lowest BCUT2D eigenvalue weighted by Crippen LogP contribution is -2.21. The highest BCUT2D eigenvalue weighted by atomic mass is 16.2. The topological polar surface area (TPSA) is 52.9 Å². The fourth-order valence-electron chi connectivity index (χ4n) is 0.402. The Kier molecular flexibility index (Phi) is 4.59. The van der Waals surface area contributed by atoms with Crippen molar-refractivity contribution in [1.29, 1.82) is 0 Å². The van der Waals surface area contributed by atoms with Crippen LogP contribution in [0.2, 0.25) is 0 Å². The van der Waals surface area contributed by atoms with Gasteiger partial charge in [-0.25, -0.2) is 10.5 Å². The molecule has 0 rings (SSSR count). The summed E-state index contributed by atoms with van der Waals surface area (Å²) in [6.07, 6.45) is 4.73. The van der Waals surface area contributed by atoms with Gasteiger partial charge in [0.1, 0.15) is 0 Å². The second kappa shape index (κ2) is 5.15. The summed E-state index contributed by atoms with van der Waals surface area (Å²) in [4.78, 5) is 9.93. The molecule has 0 spiro atoms. The Balaban J connectivity index is 3.09. The van der Waals surface area contributed by atoms with E-state index >= 15 is 0 Å². The molecule has 0 atom stereocenters. The van der Waals surface area contributed by atoms with Crippen LogP contribution < -0.4 is 11.1 Å². The van der Waals surface area contributed by atoms with Gasteiger partial charge in [0.25, 0.3) is 0 Å². The van der Waals surface area contributed by atoms with Gasteiger partial charge in [0.15, 0.2) is 0 Å². The van der Waals surface area contributed by atoms with Crippen molar-refractivity contribution in [2.75, 3.05) is 6.54 Å². The molecule has 0 aliphatic rings. The molecule has 0 aromatic heterocycles. The highest BCUT2D eigenvalue weighted by Gasteiger charge is 1.84. The van der Waals surface area contributed by atoms with Crippen LogP contribution in [0.25, 0.3) is 0 Å². The molecule has 2 N–H and O–H groups in total. The smallest absolute Gasteiger partial charge is 0.333 e. The maximum Gasteiger partial charge on any atom is 0.333 e. The third-order valence-electron chi connectivity index (χ3n) is 0.783. The van der Waals surface area contributed by atoms with Gasteiger partial charge in [-0.05, 0) is 6.42 Å². The van der Waals surface area contributed by atoms with Gasteiger partial charge in [0, 0.05) is 6.54 Å². The first-order chi connectivity index (χ1) is 4.27. The molecular weight excluding hydrogens is 116 g/mol. The summed E-state index contributed by atoms with van der Waals surface area (Å²) in [6, 6.07) is -0.726. The van der Waals surface area contributed by atoms with Gasteiger partial charge < -0.3 is 5.32 Å². The molecule has 0 aliphatic carbocycles. The minimum Gasteiger partial charge on any atom is -0.333 e. The molecule has 3 nitrogen and oxygen atoms in total. The third kappa shape index (κ3) is 7.01. The Morgan fingerprint density at radius 3 is 2.78 bits per heavy atom. The van der Waals surface area contributed by atoms with E-state index in [9.17, 15) is 4.79 Å². The van der Waals surface area contributed by atoms with Crippen molar-refractivity contribution in [1.82, 2.24) is 11.1 Å². The van der Waals surface area contributed by atoms with Crippen molar-refractivity contribution in [3.8, 4) is 0 Å². The monoisotopic (exact) mass is 127 g/mol. The fourth-order valence-corrected chi connectivity index (χ4v) is 0.402. The lowest BCUT2D eigenvalue weighted by Gasteiger charge is -1.91. The Bertz CT molecular complexity index is 110. The summed E-state index contributed by atoms with van der Waals surface area (Å²) >= 11 is 0. The first kappa shape index (κ1) is 8.01. The van der Waals surface area contributed by atoms with Crippen molar-refractivity contribution < 1.29 is 4.79 Å². The predicted octanol–water partition coefficient (Wildman–Crippen LogP) is 0.945. The van der Waals surface area contributed by atoms with Gasteiger partial charge in [0.2, 0.25) is 0 Å². The van der Waals surface area contributed by atoms with E-state index in [1.54, 1.807) is 0 Å². The average molecular weight is 127 g/mol. The molecule has 2 amide bonds. The fraction of sp³-hybridized carbons (Fsp3) is 0.500. The lowest BCUT2D eigenvalue weighted by atomic mass is 10.4. The van der Waals surface area contributed by atoms with Gasteiger partial charge in [-0.15, -0.1) is 0 Å². The van der Waals surface area contributed by atoms with Crippen LogP contribution in [-0.2, 0) is 0 Å². The SMILES string of the molecule is CCC=CCNC([NH])=O. The van der Waals surface area contributed by atoms with Crippen LogP contribution in [-0.4, -0.2) is 12.6 Å². The molecule has 0 aromatic rings. The Morgan fingerprint density at radius 1 is 1.67 bits per heavy atom. The second-order valence-electron chi connectivity index (χ2n) is 1.59. The molecule has 0 bridgehead atoms. The molecule has 0 aromatic carbocycles. The minimum atomic E-state index is -0.726. The van der Waals surface area contributed by atoms with Gasteiger partial charge in [0.05, 0.1) is 0 Å². The molecule has 3 heteroatoms. The van der Waals surface area contributed by atoms with E-state index in [1.807, 2.05) is 19.1 Å². The number of urea groups is 1. The molecule has 0 aliphatic heterocycles. The molecule has 1 radical (unpaired) electrons. The van der Waals surface area contributed by atoms with E-state index in [1.165, 1.54) is 0 Å². The van der Waals surface area contributed by atoms with E-state index in [2.05, 4.69) is 5.32 Å². The van der Waals surface area contributed by atoms with Crippen molar-refractivity contribution in [3.05, 3.63) is 12.2 Å². The molecule has 9 heavy (non-hydrogen) atoms. The van der Waals surface area contributed by atoms with Crippen LogP contribution in [0.4, 0.5) is 4.79 Å². The predicted molar refractivity (Wildman–Crippen MR) is 35.9 cm³/mol. The maximum atomic E-state index is 9.93. The average Bonchev–Trinajstić information content (AvgIpc) is 1.80. The van der Waals surface area contributed by atoms with Gasteiger partial charge in [-0.2, -0.15) is 0 Å². The van der Waals surface area contributed by atoms with Crippen LogP contribution in [0.3, 0.4) is 0 Å². The summed E-state index contributed by atoms with van der Waals surface area (Å²) in [5.74, 6) is 0. The molecule has 0 saturated carbocycles. The number of rotatable bonds is 3. The quantitative estimate of drug-likeness (QED) is 0.564. The highest BCUT2D eigenvalue weighted by Crippen LogP contribution is 1.76. The molecule has 51 valence electrons. The summed E-state index contributed by atoms with van der Waals surface area (Å²) in [6.45, 7) is 2.48. The Hall–Kier alpha value is -0.990. The summed E-state index contributed by atoms with van der Waals surface area (Å²) < 4.78 is 0. The highest BCUT2D eigenvalue weighted by molar-refractivity contribution is 5.70. The van der Waals surface area contributed by atoms with Crippen LogP contribution in [0.1, 0.15) is 13.3 Å². The number of carbonyl (C=O) groups excluding carboxylic acids is 1. The Labute approximate surface area is 54.9 Å². The molecule has 0 unspecified atom stereocenters. The summed E-state index contributed by atoms with van der Waals surface area (Å²) in [5, 5.41) is 2.32. The van der Waals surface area contributed by atoms with Crippen molar-refractivity contribution >= 4 is 6.03 Å². The van der Waals surface area contributed by atoms with E-state index in [4.69, 9.17) is 5.73 Å². The molecule has 0 saturated heterocycles. The van der Waals surface area contributed by atoms with Gasteiger partial charge >= 0.3 is 6.03 Å². The van der Waals surface area contributed by atoms with Gasteiger partial charge in [-0.3, -0.25) is 0 Å². The lowest BCUT2D eigenvalue weighted by molar-refractivity contribution is 0.248. The largest absolute Gasteiger partial charge is 0.333 e. The van der Waals surface area contributed by atoms with Crippen LogP contribution >= 0.6 is 0 Å². The maximum absolute atomic E-state index is 9.93. The van der Waals surface area contributed by atoms with E-state index in [0.29, 0.717) is 6.54 Å². The molecule has 0 fully saturated rings. The van der Waals surface area contributed by atoms with Crippen LogP contribution in [0.5, 0.6) is 0 Å². The standard InChI is InChI=1S/C6H11N2O/c1-2-3-4-5-8-6(7)9/h3-4,7H,2,5H2,1H3,(H,8,9). The Morgan fingerprint density at radius 2 is 2.33 bits per heavy atom. The van der Waals surface area contributed by atoms with Crippen molar-refractivity contribution in [2.24, 2.45) is 0 Å². The normalized spacial score (nSPS) is 9.89. The zero-order valence-corrected chi connectivity index (χ0v) is 5.48. The number of amides is 2. The van der Waals surface area contributed by atoms with E-state index in [0.717, 1.165) is 6.42 Å². The number of hydrogen-bond acceptors (Lipinski definition) is 1. The van der Waals surface area contributed by atoms with Crippen molar-refractivity contribution in [2.45, 2.75) is 13.3 Å². The van der Waals surface area contributed by atoms with Crippen LogP contribution in [0.15, 0.2) is 12.2 Å². The van der Waals surface area contributed by atoms with Gasteiger partial charge in [-0.1, -0.05) is 19.1 Å². The zero-order valence-electron chi connectivity index (χ0n) is 5.48. The summed E-state index contributed by atoms with van der Waals surface area (Å²) in [7, 11) is 0. The number of carbonyl (C=O) groups is 1. The number of allylic oxidation sites excluding steroid dienone is 1. The summed E-state index contributed by atoms with van der Waals surface area (Å²) in [5.41, 5.74) is 6.43. The van der Waals surface area contributed by atoms with E-state index < -0.39 is 6.03 Å².